The molecular weight excluding hydrogens is 148 g/mol. The van der Waals surface area contributed by atoms with Crippen molar-refractivity contribution in [1.82, 2.24) is 4.90 Å². The Balaban J connectivity index is 1.81. The molecule has 1 saturated carbocycles. The van der Waals surface area contributed by atoms with Crippen LogP contribution in [-0.4, -0.2) is 30.1 Å². The normalized spacial score (nSPS) is 41.2. The van der Waals surface area contributed by atoms with Crippen LogP contribution in [0.5, 0.6) is 0 Å². The molecule has 2 heteroatoms. The third kappa shape index (κ3) is 1.50. The van der Waals surface area contributed by atoms with Gasteiger partial charge >= 0.3 is 0 Å². The average Bonchev–Trinajstić information content (AvgIpc) is 2.30. The maximum absolute atomic E-state index is 5.88. The first-order valence-corrected chi connectivity index (χ1v) is 5.06. The van der Waals surface area contributed by atoms with E-state index in [1.165, 1.54) is 32.4 Å². The zero-order valence-electron chi connectivity index (χ0n) is 8.21. The van der Waals surface area contributed by atoms with Gasteiger partial charge in [0, 0.05) is 25.2 Å². The van der Waals surface area contributed by atoms with Crippen molar-refractivity contribution >= 4 is 0 Å². The van der Waals surface area contributed by atoms with Crippen molar-refractivity contribution in [2.45, 2.75) is 45.2 Å². The van der Waals surface area contributed by atoms with Crippen LogP contribution in [0.25, 0.3) is 0 Å². The first-order chi connectivity index (χ1) is 5.57. The molecule has 1 heterocycles. The number of likely N-dealkylation sites (tertiary alicyclic amines) is 1. The Kier molecular flexibility index (Phi) is 1.92. The number of hydrogen-bond acceptors (Lipinski definition) is 2. The highest BCUT2D eigenvalue weighted by atomic mass is 15.2. The Labute approximate surface area is 75.1 Å². The molecule has 2 nitrogen and oxygen atoms in total. The smallest absolute Gasteiger partial charge is 0.0111 e. The van der Waals surface area contributed by atoms with Crippen LogP contribution in [0.1, 0.15) is 33.1 Å². The molecule has 1 saturated heterocycles. The standard InChI is InChI=1S/C10H20N2/c1-10(2)6-12(7-10)9-4-3-8(11)5-9/h8-9H,3-7,11H2,1-2H3. The van der Waals surface area contributed by atoms with Crippen LogP contribution in [0, 0.1) is 5.41 Å². The quantitative estimate of drug-likeness (QED) is 0.637. The van der Waals surface area contributed by atoms with E-state index in [4.69, 9.17) is 5.73 Å². The summed E-state index contributed by atoms with van der Waals surface area (Å²) in [6, 6.07) is 1.30. The molecule has 0 radical (unpaired) electrons. The van der Waals surface area contributed by atoms with E-state index < -0.39 is 0 Å². The lowest BCUT2D eigenvalue weighted by Crippen LogP contribution is -2.56. The van der Waals surface area contributed by atoms with Crippen LogP contribution in [0.2, 0.25) is 0 Å². The number of nitrogens with zero attached hydrogens (tertiary/aromatic N) is 1. The van der Waals surface area contributed by atoms with Gasteiger partial charge in [0.25, 0.3) is 0 Å². The Morgan fingerprint density at radius 2 is 1.92 bits per heavy atom. The minimum Gasteiger partial charge on any atom is -0.328 e. The van der Waals surface area contributed by atoms with Crippen LogP contribution < -0.4 is 5.73 Å². The molecule has 2 N–H and O–H groups in total. The predicted molar refractivity (Wildman–Crippen MR) is 51.0 cm³/mol. The molecule has 2 fully saturated rings. The van der Waals surface area contributed by atoms with Crippen molar-refractivity contribution < 1.29 is 0 Å². The zero-order chi connectivity index (χ0) is 8.77. The molecular formula is C10H20N2. The first-order valence-electron chi connectivity index (χ1n) is 5.06. The molecule has 2 atom stereocenters. The third-order valence-electron chi connectivity index (χ3n) is 3.22. The van der Waals surface area contributed by atoms with E-state index in [0.29, 0.717) is 11.5 Å². The summed E-state index contributed by atoms with van der Waals surface area (Å²) in [4.78, 5) is 2.60. The van der Waals surface area contributed by atoms with Crippen molar-refractivity contribution in [3.8, 4) is 0 Å². The minimum atomic E-state index is 0.485. The molecule has 0 aromatic carbocycles. The van der Waals surface area contributed by atoms with E-state index >= 15 is 0 Å². The van der Waals surface area contributed by atoms with E-state index in [2.05, 4.69) is 18.7 Å². The summed E-state index contributed by atoms with van der Waals surface area (Å²) in [6.07, 6.45) is 3.80. The van der Waals surface area contributed by atoms with Crippen molar-refractivity contribution in [1.29, 1.82) is 0 Å². The molecule has 1 aliphatic carbocycles. The second kappa shape index (κ2) is 2.71. The van der Waals surface area contributed by atoms with Crippen LogP contribution in [0.3, 0.4) is 0 Å². The van der Waals surface area contributed by atoms with Gasteiger partial charge in [-0.2, -0.15) is 0 Å². The van der Waals surface area contributed by atoms with E-state index in [1.807, 2.05) is 0 Å². The molecule has 2 rings (SSSR count). The lowest BCUT2D eigenvalue weighted by atomic mass is 9.83. The molecule has 0 spiro atoms. The monoisotopic (exact) mass is 168 g/mol. The maximum Gasteiger partial charge on any atom is 0.0111 e. The SMILES string of the molecule is CC1(C)CN(C2CCC(N)C2)C1. The summed E-state index contributed by atoms with van der Waals surface area (Å²) in [5.41, 5.74) is 6.46. The highest BCUT2D eigenvalue weighted by molar-refractivity contribution is 4.95. The van der Waals surface area contributed by atoms with Crippen LogP contribution >= 0.6 is 0 Å². The van der Waals surface area contributed by atoms with Crippen LogP contribution in [0.15, 0.2) is 0 Å². The molecule has 0 aromatic heterocycles. The fraction of sp³-hybridized carbons (Fsp3) is 1.00. The van der Waals surface area contributed by atoms with Crippen LogP contribution in [-0.2, 0) is 0 Å². The van der Waals surface area contributed by atoms with Crippen molar-refractivity contribution in [2.75, 3.05) is 13.1 Å². The molecule has 1 aliphatic heterocycles. The second-order valence-corrected chi connectivity index (χ2v) is 5.30. The average molecular weight is 168 g/mol. The largest absolute Gasteiger partial charge is 0.328 e. The molecule has 2 unspecified atom stereocenters. The summed E-state index contributed by atoms with van der Waals surface area (Å²) in [7, 11) is 0. The van der Waals surface area contributed by atoms with Gasteiger partial charge in [0.15, 0.2) is 0 Å². The maximum atomic E-state index is 5.88. The summed E-state index contributed by atoms with van der Waals surface area (Å²) >= 11 is 0. The summed E-state index contributed by atoms with van der Waals surface area (Å²) in [6.45, 7) is 7.26. The van der Waals surface area contributed by atoms with Gasteiger partial charge in [-0.25, -0.2) is 0 Å². The van der Waals surface area contributed by atoms with Gasteiger partial charge in [-0.1, -0.05) is 13.8 Å². The predicted octanol–water partition coefficient (Wildman–Crippen LogP) is 1.21. The summed E-state index contributed by atoms with van der Waals surface area (Å²) in [5.74, 6) is 0. The van der Waals surface area contributed by atoms with Crippen molar-refractivity contribution in [2.24, 2.45) is 11.1 Å². The Morgan fingerprint density at radius 3 is 2.33 bits per heavy atom. The lowest BCUT2D eigenvalue weighted by molar-refractivity contribution is -0.00405. The Morgan fingerprint density at radius 1 is 1.25 bits per heavy atom. The lowest BCUT2D eigenvalue weighted by Gasteiger charge is -2.49. The molecule has 0 aromatic rings. The van der Waals surface area contributed by atoms with Gasteiger partial charge in [0.05, 0.1) is 0 Å². The fourth-order valence-electron chi connectivity index (χ4n) is 2.63. The van der Waals surface area contributed by atoms with Gasteiger partial charge in [0.1, 0.15) is 0 Å². The van der Waals surface area contributed by atoms with E-state index in [9.17, 15) is 0 Å². The summed E-state index contributed by atoms with van der Waals surface area (Å²) < 4.78 is 0. The molecule has 0 bridgehead atoms. The molecule has 12 heavy (non-hydrogen) atoms. The third-order valence-corrected chi connectivity index (χ3v) is 3.22. The fourth-order valence-corrected chi connectivity index (χ4v) is 2.63. The molecule has 0 amide bonds. The van der Waals surface area contributed by atoms with Gasteiger partial charge < -0.3 is 5.73 Å². The zero-order valence-corrected chi connectivity index (χ0v) is 8.21. The van der Waals surface area contributed by atoms with E-state index in [0.717, 1.165) is 6.04 Å². The van der Waals surface area contributed by atoms with E-state index in [-0.39, 0.29) is 0 Å². The van der Waals surface area contributed by atoms with E-state index in [1.54, 1.807) is 0 Å². The molecule has 70 valence electrons. The highest BCUT2D eigenvalue weighted by Crippen LogP contribution is 2.35. The topological polar surface area (TPSA) is 29.3 Å². The first kappa shape index (κ1) is 8.52. The second-order valence-electron chi connectivity index (χ2n) is 5.30. The van der Waals surface area contributed by atoms with Gasteiger partial charge in [-0.3, -0.25) is 4.90 Å². The van der Waals surface area contributed by atoms with Gasteiger partial charge in [-0.15, -0.1) is 0 Å². The Bertz CT molecular complexity index is 169. The Hall–Kier alpha value is -0.0800. The number of rotatable bonds is 1. The minimum absolute atomic E-state index is 0.485. The van der Waals surface area contributed by atoms with Gasteiger partial charge in [0.2, 0.25) is 0 Å². The number of hydrogen-bond donors (Lipinski definition) is 1. The summed E-state index contributed by atoms with van der Waals surface area (Å²) in [5, 5.41) is 0. The van der Waals surface area contributed by atoms with Gasteiger partial charge in [-0.05, 0) is 24.7 Å². The highest BCUT2D eigenvalue weighted by Gasteiger charge is 2.39. The van der Waals surface area contributed by atoms with Crippen molar-refractivity contribution in [3.63, 3.8) is 0 Å². The molecule has 2 aliphatic rings. The van der Waals surface area contributed by atoms with Crippen molar-refractivity contribution in [3.05, 3.63) is 0 Å². The number of nitrogens with two attached hydrogens (primary N) is 1. The van der Waals surface area contributed by atoms with Crippen LogP contribution in [0.4, 0.5) is 0 Å².